The van der Waals surface area contributed by atoms with Crippen molar-refractivity contribution >= 4 is 17.5 Å². The summed E-state index contributed by atoms with van der Waals surface area (Å²) in [6, 6.07) is 13.0. The van der Waals surface area contributed by atoms with Crippen LogP contribution in [-0.4, -0.2) is 34.1 Å². The number of carbonyl (C=O) groups is 1. The molecule has 0 saturated carbocycles. The highest BCUT2D eigenvalue weighted by Crippen LogP contribution is 2.25. The summed E-state index contributed by atoms with van der Waals surface area (Å²) in [5, 5.41) is 4.49. The van der Waals surface area contributed by atoms with Crippen molar-refractivity contribution in [3.63, 3.8) is 0 Å². The van der Waals surface area contributed by atoms with Gasteiger partial charge in [-0.15, -0.1) is 0 Å². The molecule has 146 valence electrons. The molecule has 0 saturated heterocycles. The Morgan fingerprint density at radius 2 is 1.96 bits per heavy atom. The molecule has 0 spiro atoms. The van der Waals surface area contributed by atoms with Gasteiger partial charge < -0.3 is 14.2 Å². The number of amides is 1. The maximum absolute atomic E-state index is 12.7. The van der Waals surface area contributed by atoms with Crippen molar-refractivity contribution in [2.45, 2.75) is 33.4 Å². The first-order valence-corrected chi connectivity index (χ1v) is 9.30. The molecule has 2 aromatic carbocycles. The van der Waals surface area contributed by atoms with E-state index in [9.17, 15) is 4.79 Å². The van der Waals surface area contributed by atoms with Gasteiger partial charge in [-0.25, -0.2) is 0 Å². The van der Waals surface area contributed by atoms with Gasteiger partial charge >= 0.3 is 0 Å². The number of aromatic nitrogens is 2. The second kappa shape index (κ2) is 8.44. The van der Waals surface area contributed by atoms with Gasteiger partial charge in [-0.1, -0.05) is 41.0 Å². The fourth-order valence-corrected chi connectivity index (χ4v) is 2.98. The Bertz CT molecular complexity index is 987. The number of nitrogens with zero attached hydrogens (tertiary/aromatic N) is 3. The van der Waals surface area contributed by atoms with Crippen LogP contribution >= 0.6 is 11.6 Å². The molecule has 0 unspecified atom stereocenters. The monoisotopic (exact) mass is 399 g/mol. The average Bonchev–Trinajstić information content (AvgIpc) is 3.13. The van der Waals surface area contributed by atoms with Gasteiger partial charge in [-0.05, 0) is 50.1 Å². The molecule has 1 heterocycles. The lowest BCUT2D eigenvalue weighted by molar-refractivity contribution is -0.137. The number of hydrogen-bond acceptors (Lipinski definition) is 5. The molecule has 0 fully saturated rings. The van der Waals surface area contributed by atoms with E-state index in [1.54, 1.807) is 20.0 Å². The highest BCUT2D eigenvalue weighted by molar-refractivity contribution is 6.33. The third-order valence-electron chi connectivity index (χ3n) is 4.54. The van der Waals surface area contributed by atoms with E-state index in [-0.39, 0.29) is 12.5 Å². The van der Waals surface area contributed by atoms with Gasteiger partial charge in [0, 0.05) is 12.6 Å². The number of rotatable bonds is 6. The lowest BCUT2D eigenvalue weighted by Crippen LogP contribution is -2.37. The van der Waals surface area contributed by atoms with Crippen molar-refractivity contribution in [1.29, 1.82) is 0 Å². The van der Waals surface area contributed by atoms with E-state index in [1.165, 1.54) is 4.90 Å². The highest BCUT2D eigenvalue weighted by atomic mass is 35.5. The second-order valence-electron chi connectivity index (χ2n) is 6.64. The molecule has 1 aromatic heterocycles. The van der Waals surface area contributed by atoms with Gasteiger partial charge in [0.05, 0.1) is 11.6 Å². The summed E-state index contributed by atoms with van der Waals surface area (Å²) in [6.07, 6.45) is -0.642. The van der Waals surface area contributed by atoms with Crippen molar-refractivity contribution < 1.29 is 14.1 Å². The van der Waals surface area contributed by atoms with E-state index < -0.39 is 6.10 Å². The topological polar surface area (TPSA) is 68.5 Å². The molecule has 0 aliphatic heterocycles. The smallest absolute Gasteiger partial charge is 0.263 e. The van der Waals surface area contributed by atoms with Crippen molar-refractivity contribution in [1.82, 2.24) is 15.0 Å². The third-order valence-corrected chi connectivity index (χ3v) is 4.87. The Balaban J connectivity index is 1.66. The zero-order valence-corrected chi connectivity index (χ0v) is 17.0. The molecule has 0 aliphatic rings. The summed E-state index contributed by atoms with van der Waals surface area (Å²) in [7, 11) is 1.67. The minimum absolute atomic E-state index is 0.177. The molecule has 1 amide bonds. The highest BCUT2D eigenvalue weighted by Gasteiger charge is 2.22. The van der Waals surface area contributed by atoms with Crippen LogP contribution in [0.2, 0.25) is 5.02 Å². The first kappa shape index (κ1) is 19.9. The molecule has 3 aromatic rings. The molecular formula is C21H22ClN3O3. The standard InChI is InChI=1S/C21H22ClN3O3/c1-13-8-7-11-18(14(13)2)27-15(3)21(26)25(4)12-19-23-20(24-28-19)16-9-5-6-10-17(16)22/h5-11,15H,12H2,1-4H3/t15-/m1/s1. The molecule has 6 nitrogen and oxygen atoms in total. The zero-order valence-electron chi connectivity index (χ0n) is 16.3. The van der Waals surface area contributed by atoms with E-state index in [4.69, 9.17) is 20.9 Å². The molecule has 0 aliphatic carbocycles. The molecule has 28 heavy (non-hydrogen) atoms. The van der Waals surface area contributed by atoms with E-state index in [0.717, 1.165) is 11.1 Å². The Hall–Kier alpha value is -2.86. The number of halogens is 1. The maximum Gasteiger partial charge on any atom is 0.263 e. The largest absolute Gasteiger partial charge is 0.481 e. The molecule has 1 atom stereocenters. The van der Waals surface area contributed by atoms with Gasteiger partial charge in [0.15, 0.2) is 6.10 Å². The van der Waals surface area contributed by atoms with Crippen LogP contribution in [0.3, 0.4) is 0 Å². The molecule has 3 rings (SSSR count). The van der Waals surface area contributed by atoms with Crippen LogP contribution in [0.25, 0.3) is 11.4 Å². The number of carbonyl (C=O) groups excluding carboxylic acids is 1. The Labute approximate surface area is 169 Å². The second-order valence-corrected chi connectivity index (χ2v) is 7.05. The first-order valence-electron chi connectivity index (χ1n) is 8.92. The van der Waals surface area contributed by atoms with Gasteiger partial charge in [-0.3, -0.25) is 4.79 Å². The van der Waals surface area contributed by atoms with E-state index in [0.29, 0.717) is 28.1 Å². The number of likely N-dealkylation sites (N-methyl/N-ethyl adjacent to an activating group) is 1. The van der Waals surface area contributed by atoms with Crippen LogP contribution < -0.4 is 4.74 Å². The molecule has 0 N–H and O–H groups in total. The van der Waals surface area contributed by atoms with E-state index >= 15 is 0 Å². The van der Waals surface area contributed by atoms with Crippen LogP contribution in [0.1, 0.15) is 23.9 Å². The fourth-order valence-electron chi connectivity index (χ4n) is 2.75. The summed E-state index contributed by atoms with van der Waals surface area (Å²) >= 11 is 6.16. The minimum Gasteiger partial charge on any atom is -0.481 e. The third kappa shape index (κ3) is 4.34. The lowest BCUT2D eigenvalue weighted by Gasteiger charge is -2.21. The Morgan fingerprint density at radius 3 is 2.71 bits per heavy atom. The predicted octanol–water partition coefficient (Wildman–Crippen LogP) is 4.43. The summed E-state index contributed by atoms with van der Waals surface area (Å²) in [6.45, 7) is 5.88. The number of hydrogen-bond donors (Lipinski definition) is 0. The van der Waals surface area contributed by atoms with E-state index in [2.05, 4.69) is 10.1 Å². The average molecular weight is 400 g/mol. The Morgan fingerprint density at radius 1 is 1.21 bits per heavy atom. The summed E-state index contributed by atoms with van der Waals surface area (Å²) in [4.78, 5) is 18.5. The maximum atomic E-state index is 12.7. The van der Waals surface area contributed by atoms with Crippen LogP contribution in [0.15, 0.2) is 47.0 Å². The summed E-state index contributed by atoms with van der Waals surface area (Å²) in [5.74, 6) is 1.23. The quantitative estimate of drug-likeness (QED) is 0.613. The number of ether oxygens (including phenoxy) is 1. The van der Waals surface area contributed by atoms with Gasteiger partial charge in [0.1, 0.15) is 5.75 Å². The van der Waals surface area contributed by atoms with Crippen molar-refractivity contribution in [2.75, 3.05) is 7.05 Å². The molecular weight excluding hydrogens is 378 g/mol. The van der Waals surface area contributed by atoms with Crippen LogP contribution in [0.4, 0.5) is 0 Å². The minimum atomic E-state index is -0.642. The Kier molecular flexibility index (Phi) is 5.99. The number of aryl methyl sites for hydroxylation is 1. The van der Waals surface area contributed by atoms with Crippen molar-refractivity contribution in [3.8, 4) is 17.1 Å². The summed E-state index contributed by atoms with van der Waals surface area (Å²) in [5.41, 5.74) is 2.81. The lowest BCUT2D eigenvalue weighted by atomic mass is 10.1. The van der Waals surface area contributed by atoms with E-state index in [1.807, 2.05) is 50.2 Å². The van der Waals surface area contributed by atoms with Gasteiger partial charge in [0.2, 0.25) is 11.7 Å². The normalized spacial score (nSPS) is 11.9. The predicted molar refractivity (Wildman–Crippen MR) is 107 cm³/mol. The van der Waals surface area contributed by atoms with Gasteiger partial charge in [0.25, 0.3) is 5.91 Å². The molecule has 0 bridgehead atoms. The van der Waals surface area contributed by atoms with Crippen molar-refractivity contribution in [3.05, 3.63) is 64.5 Å². The summed E-state index contributed by atoms with van der Waals surface area (Å²) < 4.78 is 11.1. The van der Waals surface area contributed by atoms with Gasteiger partial charge in [-0.2, -0.15) is 4.98 Å². The fraction of sp³-hybridized carbons (Fsp3) is 0.286. The SMILES string of the molecule is Cc1cccc(O[C@H](C)C(=O)N(C)Cc2nc(-c3ccccc3Cl)no2)c1C. The first-order chi connectivity index (χ1) is 13.4. The van der Waals surface area contributed by atoms with Crippen LogP contribution in [0, 0.1) is 13.8 Å². The van der Waals surface area contributed by atoms with Crippen molar-refractivity contribution in [2.24, 2.45) is 0 Å². The van der Waals surface area contributed by atoms with Crippen LogP contribution in [-0.2, 0) is 11.3 Å². The zero-order chi connectivity index (χ0) is 20.3. The number of benzene rings is 2. The molecule has 0 radical (unpaired) electrons. The molecule has 7 heteroatoms. The van der Waals surface area contributed by atoms with Crippen LogP contribution in [0.5, 0.6) is 5.75 Å².